The molecule has 0 aromatic carbocycles. The molecule has 2 amide bonds. The molecule has 0 radical (unpaired) electrons. The van der Waals surface area contributed by atoms with E-state index in [-0.39, 0.29) is 12.3 Å². The van der Waals surface area contributed by atoms with Crippen molar-refractivity contribution in [1.82, 2.24) is 5.32 Å². The summed E-state index contributed by atoms with van der Waals surface area (Å²) >= 11 is 0. The zero-order valence-electron chi connectivity index (χ0n) is 16.7. The maximum absolute atomic E-state index is 11.5. The number of carbonyl (C=O) groups excluding carboxylic acids is 2. The molecule has 1 aliphatic rings. The molecule has 2 N–H and O–H groups in total. The molecule has 0 aliphatic carbocycles. The summed E-state index contributed by atoms with van der Waals surface area (Å²) in [5.74, 6) is -0.878. The Balaban J connectivity index is 1.84. The zero-order chi connectivity index (χ0) is 19.1. The van der Waals surface area contributed by atoms with Gasteiger partial charge in [-0.2, -0.15) is 0 Å². The van der Waals surface area contributed by atoms with E-state index >= 15 is 0 Å². The predicted molar refractivity (Wildman–Crippen MR) is 107 cm³/mol. The highest BCUT2D eigenvalue weighted by Crippen LogP contribution is 2.24. The number of carbonyl (C=O) groups is 2. The molecule has 1 fully saturated rings. The van der Waals surface area contributed by atoms with Gasteiger partial charge in [-0.3, -0.25) is 14.9 Å². The Kier molecular flexibility index (Phi) is 12.3. The second-order valence-electron chi connectivity index (χ2n) is 7.77. The van der Waals surface area contributed by atoms with Crippen LogP contribution < -0.4 is 5.32 Å². The van der Waals surface area contributed by atoms with E-state index in [4.69, 9.17) is 0 Å². The van der Waals surface area contributed by atoms with Gasteiger partial charge in [0.05, 0.1) is 6.42 Å². The lowest BCUT2D eigenvalue weighted by Gasteiger charge is -2.17. The van der Waals surface area contributed by atoms with Crippen molar-refractivity contribution >= 4 is 11.8 Å². The Hall–Kier alpha value is -1.16. The van der Waals surface area contributed by atoms with Gasteiger partial charge in [0.1, 0.15) is 0 Å². The van der Waals surface area contributed by atoms with E-state index in [0.717, 1.165) is 19.3 Å². The largest absolute Gasteiger partial charge is 0.379 e. The van der Waals surface area contributed by atoms with E-state index < -0.39 is 11.5 Å². The van der Waals surface area contributed by atoms with Gasteiger partial charge in [-0.1, -0.05) is 83.3 Å². The summed E-state index contributed by atoms with van der Waals surface area (Å²) < 4.78 is 0. The molecule has 0 spiro atoms. The number of hydrogen-bond donors (Lipinski definition) is 2. The molecular weight excluding hydrogens is 326 g/mol. The van der Waals surface area contributed by atoms with Gasteiger partial charge in [0.25, 0.3) is 5.91 Å². The van der Waals surface area contributed by atoms with E-state index in [9.17, 15) is 14.7 Å². The van der Waals surface area contributed by atoms with Crippen LogP contribution in [0.5, 0.6) is 0 Å². The third kappa shape index (κ3) is 10.1. The molecule has 1 saturated heterocycles. The van der Waals surface area contributed by atoms with Gasteiger partial charge < -0.3 is 5.11 Å². The topological polar surface area (TPSA) is 66.4 Å². The molecule has 4 nitrogen and oxygen atoms in total. The number of amides is 2. The first kappa shape index (κ1) is 22.9. The highest BCUT2D eigenvalue weighted by Gasteiger charge is 2.44. The maximum atomic E-state index is 11.5. The fourth-order valence-electron chi connectivity index (χ4n) is 3.50. The summed E-state index contributed by atoms with van der Waals surface area (Å²) in [6.07, 6.45) is 22.2. The first-order chi connectivity index (χ1) is 12.6. The predicted octanol–water partition coefficient (Wildman–Crippen LogP) is 5.19. The summed E-state index contributed by atoms with van der Waals surface area (Å²) in [4.78, 5) is 22.7. The first-order valence-electron chi connectivity index (χ1n) is 10.8. The SMILES string of the molecule is CCCCCCCCC=CCCCCCCCCC1(O)CC(=O)NC1=O. The second-order valence-corrected chi connectivity index (χ2v) is 7.77. The summed E-state index contributed by atoms with van der Waals surface area (Å²) in [7, 11) is 0. The summed E-state index contributed by atoms with van der Waals surface area (Å²) in [6, 6.07) is 0. The van der Waals surface area contributed by atoms with Crippen LogP contribution >= 0.6 is 0 Å². The van der Waals surface area contributed by atoms with E-state index in [1.165, 1.54) is 70.6 Å². The van der Waals surface area contributed by atoms with Gasteiger partial charge >= 0.3 is 0 Å². The fourth-order valence-corrected chi connectivity index (χ4v) is 3.50. The molecular formula is C22H39NO3. The number of rotatable bonds is 16. The van der Waals surface area contributed by atoms with Crippen LogP contribution in [0, 0.1) is 0 Å². The quantitative estimate of drug-likeness (QED) is 0.225. The van der Waals surface area contributed by atoms with Crippen LogP contribution in [0.15, 0.2) is 12.2 Å². The maximum Gasteiger partial charge on any atom is 0.259 e. The van der Waals surface area contributed by atoms with E-state index in [1.807, 2.05) is 0 Å². The van der Waals surface area contributed by atoms with E-state index in [1.54, 1.807) is 0 Å². The summed E-state index contributed by atoms with van der Waals surface area (Å²) in [5.41, 5.74) is -1.45. The monoisotopic (exact) mass is 365 g/mol. The average molecular weight is 366 g/mol. The van der Waals surface area contributed by atoms with E-state index in [0.29, 0.717) is 6.42 Å². The molecule has 1 rings (SSSR count). The molecule has 0 aromatic rings. The molecule has 1 heterocycles. The lowest BCUT2D eigenvalue weighted by atomic mass is 9.94. The average Bonchev–Trinajstić information content (AvgIpc) is 2.86. The minimum atomic E-state index is -1.45. The standard InChI is InChI=1S/C22H39NO3/c1-2-3-4-5-6-7-8-9-10-11-12-13-14-15-16-17-18-22(26)19-20(24)23-21(22)25/h9-10,26H,2-8,11-19H2,1H3,(H,23,24,25). The van der Waals surface area contributed by atoms with Crippen LogP contribution in [-0.2, 0) is 9.59 Å². The van der Waals surface area contributed by atoms with Gasteiger partial charge in [-0.05, 0) is 32.1 Å². The van der Waals surface area contributed by atoms with Crippen LogP contribution in [0.25, 0.3) is 0 Å². The van der Waals surface area contributed by atoms with Crippen molar-refractivity contribution in [3.05, 3.63) is 12.2 Å². The third-order valence-corrected chi connectivity index (χ3v) is 5.23. The van der Waals surface area contributed by atoms with Crippen molar-refractivity contribution < 1.29 is 14.7 Å². The van der Waals surface area contributed by atoms with Crippen LogP contribution in [0.2, 0.25) is 0 Å². The third-order valence-electron chi connectivity index (χ3n) is 5.23. The van der Waals surface area contributed by atoms with Gasteiger partial charge in [0, 0.05) is 0 Å². The number of unbranched alkanes of at least 4 members (excludes halogenated alkanes) is 12. The normalized spacial score (nSPS) is 20.2. The van der Waals surface area contributed by atoms with Gasteiger partial charge in [0.2, 0.25) is 5.91 Å². The lowest BCUT2D eigenvalue weighted by molar-refractivity contribution is -0.135. The Morgan fingerprint density at radius 1 is 0.846 bits per heavy atom. The first-order valence-corrected chi connectivity index (χ1v) is 10.8. The van der Waals surface area contributed by atoms with Crippen molar-refractivity contribution in [3.63, 3.8) is 0 Å². The van der Waals surface area contributed by atoms with Crippen LogP contribution in [0.4, 0.5) is 0 Å². The minimum Gasteiger partial charge on any atom is -0.379 e. The van der Waals surface area contributed by atoms with Crippen molar-refractivity contribution in [2.45, 2.75) is 115 Å². The number of allylic oxidation sites excluding steroid dienone is 2. The van der Waals surface area contributed by atoms with E-state index in [2.05, 4.69) is 24.4 Å². The molecule has 0 saturated carbocycles. The number of hydrogen-bond acceptors (Lipinski definition) is 3. The van der Waals surface area contributed by atoms with Gasteiger partial charge in [-0.25, -0.2) is 0 Å². The molecule has 0 aromatic heterocycles. The molecule has 1 aliphatic heterocycles. The van der Waals surface area contributed by atoms with Crippen molar-refractivity contribution in [1.29, 1.82) is 0 Å². The van der Waals surface area contributed by atoms with Crippen LogP contribution in [0.1, 0.15) is 110 Å². The Labute approximate surface area is 159 Å². The Morgan fingerprint density at radius 3 is 1.85 bits per heavy atom. The molecule has 26 heavy (non-hydrogen) atoms. The summed E-state index contributed by atoms with van der Waals surface area (Å²) in [5, 5.41) is 12.3. The minimum absolute atomic E-state index is 0.0725. The van der Waals surface area contributed by atoms with Gasteiger partial charge in [-0.15, -0.1) is 0 Å². The van der Waals surface area contributed by atoms with Crippen molar-refractivity contribution in [2.75, 3.05) is 0 Å². The number of aliphatic hydroxyl groups is 1. The van der Waals surface area contributed by atoms with Crippen molar-refractivity contribution in [2.24, 2.45) is 0 Å². The molecule has 0 bridgehead atoms. The molecule has 1 atom stereocenters. The molecule has 4 heteroatoms. The lowest BCUT2D eigenvalue weighted by Crippen LogP contribution is -2.37. The highest BCUT2D eigenvalue weighted by molar-refractivity contribution is 6.07. The number of imide groups is 1. The van der Waals surface area contributed by atoms with Gasteiger partial charge in [0.15, 0.2) is 5.60 Å². The Morgan fingerprint density at radius 2 is 1.35 bits per heavy atom. The second kappa shape index (κ2) is 14.0. The Bertz CT molecular complexity index is 433. The fraction of sp³-hybridized carbons (Fsp3) is 0.818. The number of nitrogens with one attached hydrogen (secondary N) is 1. The zero-order valence-corrected chi connectivity index (χ0v) is 16.7. The molecule has 1 unspecified atom stereocenters. The smallest absolute Gasteiger partial charge is 0.259 e. The van der Waals surface area contributed by atoms with Crippen LogP contribution in [-0.4, -0.2) is 22.5 Å². The van der Waals surface area contributed by atoms with Crippen LogP contribution in [0.3, 0.4) is 0 Å². The van der Waals surface area contributed by atoms with Crippen molar-refractivity contribution in [3.8, 4) is 0 Å². The molecule has 150 valence electrons. The summed E-state index contributed by atoms with van der Waals surface area (Å²) in [6.45, 7) is 2.26. The highest BCUT2D eigenvalue weighted by atomic mass is 16.3.